The number of furan rings is 1. The van der Waals surface area contributed by atoms with Crippen LogP contribution in [-0.4, -0.2) is 26.8 Å². The van der Waals surface area contributed by atoms with E-state index in [-0.39, 0.29) is 5.76 Å². The van der Waals surface area contributed by atoms with Gasteiger partial charge in [0.2, 0.25) is 5.76 Å². The zero-order valence-corrected chi connectivity index (χ0v) is 9.58. The highest BCUT2D eigenvalue weighted by molar-refractivity contribution is 5.92. The number of carbonyl (C=O) groups is 2. The number of aromatic carboxylic acids is 1. The van der Waals surface area contributed by atoms with Gasteiger partial charge in [0.25, 0.3) is 5.91 Å². The minimum absolute atomic E-state index is 0.121. The molecular formula is C11H11N3O4. The molecule has 7 nitrogen and oxygen atoms in total. The zero-order valence-electron chi connectivity index (χ0n) is 9.58. The van der Waals surface area contributed by atoms with Crippen molar-refractivity contribution >= 4 is 11.9 Å². The SMILES string of the molecule is Cc1oc(C(=O)O)cc1Cn1cc(C(N)=O)cn1. The number of carbonyl (C=O) groups excluding carboxylic acids is 1. The Morgan fingerprint density at radius 3 is 2.78 bits per heavy atom. The van der Waals surface area contributed by atoms with Crippen LogP contribution in [-0.2, 0) is 6.54 Å². The molecule has 0 bridgehead atoms. The average Bonchev–Trinajstić information content (AvgIpc) is 2.87. The number of amides is 1. The molecule has 0 fully saturated rings. The van der Waals surface area contributed by atoms with Crippen molar-refractivity contribution in [3.63, 3.8) is 0 Å². The Morgan fingerprint density at radius 2 is 2.28 bits per heavy atom. The standard InChI is InChI=1S/C11H11N3O4/c1-6-7(2-9(18-6)11(16)17)4-14-5-8(3-13-14)10(12)15/h2-3,5H,4H2,1H3,(H2,12,15)(H,16,17). The molecule has 2 heterocycles. The van der Waals surface area contributed by atoms with E-state index >= 15 is 0 Å². The van der Waals surface area contributed by atoms with Crippen molar-refractivity contribution in [2.75, 3.05) is 0 Å². The fourth-order valence-electron chi connectivity index (χ4n) is 1.53. The largest absolute Gasteiger partial charge is 0.475 e. The Kier molecular flexibility index (Phi) is 2.88. The third-order valence-electron chi connectivity index (χ3n) is 2.48. The summed E-state index contributed by atoms with van der Waals surface area (Å²) in [7, 11) is 0. The van der Waals surface area contributed by atoms with Gasteiger partial charge in [-0.1, -0.05) is 0 Å². The lowest BCUT2D eigenvalue weighted by atomic mass is 10.2. The Bertz CT molecular complexity index is 612. The van der Waals surface area contributed by atoms with E-state index in [2.05, 4.69) is 5.10 Å². The molecule has 0 aliphatic rings. The van der Waals surface area contributed by atoms with Crippen molar-refractivity contribution in [3.05, 3.63) is 41.1 Å². The first-order chi connectivity index (χ1) is 8.47. The van der Waals surface area contributed by atoms with E-state index in [1.807, 2.05) is 0 Å². The lowest BCUT2D eigenvalue weighted by Crippen LogP contribution is -2.09. The predicted molar refractivity (Wildman–Crippen MR) is 60.3 cm³/mol. The molecule has 0 aliphatic heterocycles. The van der Waals surface area contributed by atoms with E-state index in [1.165, 1.54) is 23.1 Å². The molecule has 2 aromatic heterocycles. The van der Waals surface area contributed by atoms with Crippen LogP contribution in [0.1, 0.15) is 32.2 Å². The van der Waals surface area contributed by atoms with Crippen LogP contribution in [0.25, 0.3) is 0 Å². The minimum Gasteiger partial charge on any atom is -0.475 e. The summed E-state index contributed by atoms with van der Waals surface area (Å²) in [5.74, 6) is -1.30. The fourth-order valence-corrected chi connectivity index (χ4v) is 1.53. The van der Waals surface area contributed by atoms with Gasteiger partial charge < -0.3 is 15.3 Å². The van der Waals surface area contributed by atoms with Gasteiger partial charge in [0, 0.05) is 11.8 Å². The molecular weight excluding hydrogens is 238 g/mol. The summed E-state index contributed by atoms with van der Waals surface area (Å²) in [6, 6.07) is 1.43. The lowest BCUT2D eigenvalue weighted by Gasteiger charge is -1.98. The topological polar surface area (TPSA) is 111 Å². The van der Waals surface area contributed by atoms with Crippen molar-refractivity contribution in [2.24, 2.45) is 5.73 Å². The molecule has 0 saturated carbocycles. The van der Waals surface area contributed by atoms with Crippen molar-refractivity contribution in [1.29, 1.82) is 0 Å². The van der Waals surface area contributed by atoms with Crippen LogP contribution in [0.4, 0.5) is 0 Å². The van der Waals surface area contributed by atoms with Crippen LogP contribution in [0.15, 0.2) is 22.9 Å². The highest BCUT2D eigenvalue weighted by Gasteiger charge is 2.14. The maximum atomic E-state index is 10.9. The Hall–Kier alpha value is -2.57. The second-order valence-electron chi connectivity index (χ2n) is 3.79. The maximum absolute atomic E-state index is 10.9. The molecule has 0 spiro atoms. The monoisotopic (exact) mass is 249 g/mol. The number of aryl methyl sites for hydroxylation is 1. The predicted octanol–water partition coefficient (Wildman–Crippen LogP) is 0.630. The summed E-state index contributed by atoms with van der Waals surface area (Å²) in [6.45, 7) is 1.98. The smallest absolute Gasteiger partial charge is 0.371 e. The highest BCUT2D eigenvalue weighted by Crippen LogP contribution is 2.16. The maximum Gasteiger partial charge on any atom is 0.371 e. The van der Waals surface area contributed by atoms with Gasteiger partial charge in [0.1, 0.15) is 5.76 Å². The van der Waals surface area contributed by atoms with Crippen molar-refractivity contribution < 1.29 is 19.1 Å². The van der Waals surface area contributed by atoms with Crippen LogP contribution in [0.2, 0.25) is 0 Å². The molecule has 2 aromatic rings. The van der Waals surface area contributed by atoms with E-state index in [0.717, 1.165) is 0 Å². The fraction of sp³-hybridized carbons (Fsp3) is 0.182. The molecule has 0 saturated heterocycles. The number of primary amides is 1. The first-order valence-corrected chi connectivity index (χ1v) is 5.12. The van der Waals surface area contributed by atoms with Gasteiger partial charge >= 0.3 is 5.97 Å². The number of carboxylic acids is 1. The quantitative estimate of drug-likeness (QED) is 0.825. The summed E-state index contributed by atoms with van der Waals surface area (Å²) in [6.07, 6.45) is 2.85. The van der Waals surface area contributed by atoms with Crippen molar-refractivity contribution in [3.8, 4) is 0 Å². The molecule has 0 aromatic carbocycles. The lowest BCUT2D eigenvalue weighted by molar-refractivity contribution is 0.0660. The average molecular weight is 249 g/mol. The van der Waals surface area contributed by atoms with Crippen LogP contribution in [0, 0.1) is 6.92 Å². The van der Waals surface area contributed by atoms with E-state index in [9.17, 15) is 9.59 Å². The molecule has 0 unspecified atom stereocenters. The molecule has 1 amide bonds. The number of hydrogen-bond acceptors (Lipinski definition) is 4. The Morgan fingerprint density at radius 1 is 1.56 bits per heavy atom. The van der Waals surface area contributed by atoms with E-state index in [4.69, 9.17) is 15.3 Å². The number of nitrogens with two attached hydrogens (primary N) is 1. The number of carboxylic acid groups (broad SMARTS) is 1. The first-order valence-electron chi connectivity index (χ1n) is 5.12. The third kappa shape index (κ3) is 2.24. The van der Waals surface area contributed by atoms with Gasteiger partial charge in [0.15, 0.2) is 0 Å². The van der Waals surface area contributed by atoms with Crippen molar-refractivity contribution in [1.82, 2.24) is 9.78 Å². The molecule has 0 radical (unpaired) electrons. The van der Waals surface area contributed by atoms with Crippen LogP contribution in [0.5, 0.6) is 0 Å². The Balaban J connectivity index is 2.22. The summed E-state index contributed by atoms with van der Waals surface area (Å²) in [4.78, 5) is 21.6. The summed E-state index contributed by atoms with van der Waals surface area (Å²) in [5.41, 5.74) is 6.09. The second-order valence-corrected chi connectivity index (χ2v) is 3.79. The normalized spacial score (nSPS) is 10.5. The number of aromatic nitrogens is 2. The van der Waals surface area contributed by atoms with Gasteiger partial charge in [-0.2, -0.15) is 5.10 Å². The van der Waals surface area contributed by atoms with Crippen LogP contribution < -0.4 is 5.73 Å². The second kappa shape index (κ2) is 4.36. The minimum atomic E-state index is -1.12. The molecule has 0 atom stereocenters. The van der Waals surface area contributed by atoms with E-state index < -0.39 is 11.9 Å². The van der Waals surface area contributed by atoms with Gasteiger partial charge in [-0.15, -0.1) is 0 Å². The van der Waals surface area contributed by atoms with Crippen LogP contribution >= 0.6 is 0 Å². The van der Waals surface area contributed by atoms with Crippen LogP contribution in [0.3, 0.4) is 0 Å². The van der Waals surface area contributed by atoms with Gasteiger partial charge in [0.05, 0.1) is 18.3 Å². The number of hydrogen-bond donors (Lipinski definition) is 2. The molecule has 3 N–H and O–H groups in total. The first kappa shape index (κ1) is 11.9. The van der Waals surface area contributed by atoms with Gasteiger partial charge in [-0.25, -0.2) is 4.79 Å². The molecule has 94 valence electrons. The molecule has 7 heteroatoms. The molecule has 0 aliphatic carbocycles. The Labute approximate surface area is 102 Å². The summed E-state index contributed by atoms with van der Waals surface area (Å²) >= 11 is 0. The van der Waals surface area contributed by atoms with Gasteiger partial charge in [-0.05, 0) is 13.0 Å². The van der Waals surface area contributed by atoms with E-state index in [1.54, 1.807) is 6.92 Å². The molecule has 2 rings (SSSR count). The summed E-state index contributed by atoms with van der Waals surface area (Å²) < 4.78 is 6.56. The highest BCUT2D eigenvalue weighted by atomic mass is 16.4. The molecule has 18 heavy (non-hydrogen) atoms. The zero-order chi connectivity index (χ0) is 13.3. The van der Waals surface area contributed by atoms with E-state index in [0.29, 0.717) is 23.4 Å². The third-order valence-corrected chi connectivity index (χ3v) is 2.48. The number of rotatable bonds is 4. The summed E-state index contributed by atoms with van der Waals surface area (Å²) in [5, 5.41) is 12.7. The number of nitrogens with zero attached hydrogens (tertiary/aromatic N) is 2. The van der Waals surface area contributed by atoms with Gasteiger partial charge in [-0.3, -0.25) is 9.48 Å². The van der Waals surface area contributed by atoms with Crippen molar-refractivity contribution in [2.45, 2.75) is 13.5 Å².